The summed E-state index contributed by atoms with van der Waals surface area (Å²) in [7, 11) is 0. The molecule has 0 bridgehead atoms. The number of nitrogens with zero attached hydrogens (tertiary/aromatic N) is 3. The van der Waals surface area contributed by atoms with Crippen molar-refractivity contribution < 1.29 is 9.59 Å². The fraction of sp³-hybridized carbons (Fsp3) is 0.571. The molecule has 1 atom stereocenters. The van der Waals surface area contributed by atoms with E-state index < -0.39 is 5.54 Å². The lowest BCUT2D eigenvalue weighted by atomic mass is 9.82. The van der Waals surface area contributed by atoms with E-state index in [1.807, 2.05) is 42.2 Å². The first-order valence-corrected chi connectivity index (χ1v) is 9.86. The summed E-state index contributed by atoms with van der Waals surface area (Å²) in [6.07, 6.45) is 4.58. The highest BCUT2D eigenvalue weighted by Gasteiger charge is 2.36. The molecule has 2 aliphatic rings. The third kappa shape index (κ3) is 4.48. The summed E-state index contributed by atoms with van der Waals surface area (Å²) >= 11 is 0. The van der Waals surface area contributed by atoms with Gasteiger partial charge in [-0.1, -0.05) is 37.5 Å². The number of hydrogen-bond donors (Lipinski definition) is 1. The van der Waals surface area contributed by atoms with E-state index in [-0.39, 0.29) is 17.9 Å². The number of nitriles is 1. The van der Waals surface area contributed by atoms with Crippen LogP contribution in [0.1, 0.15) is 49.4 Å². The summed E-state index contributed by atoms with van der Waals surface area (Å²) in [6, 6.07) is 11.3. The highest BCUT2D eigenvalue weighted by Crippen LogP contribution is 2.27. The maximum absolute atomic E-state index is 12.7. The molecule has 1 saturated heterocycles. The Labute approximate surface area is 161 Å². The molecular formula is C21H28N4O2. The summed E-state index contributed by atoms with van der Waals surface area (Å²) in [4.78, 5) is 29.2. The minimum absolute atomic E-state index is 0.0398. The molecule has 144 valence electrons. The molecule has 3 rings (SSSR count). The van der Waals surface area contributed by atoms with Crippen LogP contribution in [0.15, 0.2) is 30.3 Å². The van der Waals surface area contributed by atoms with Crippen LogP contribution in [0.2, 0.25) is 0 Å². The smallest absolute Gasteiger partial charge is 0.253 e. The van der Waals surface area contributed by atoms with Crippen LogP contribution in [-0.2, 0) is 4.79 Å². The van der Waals surface area contributed by atoms with E-state index in [2.05, 4.69) is 16.3 Å². The van der Waals surface area contributed by atoms with Crippen molar-refractivity contribution in [3.8, 4) is 6.07 Å². The highest BCUT2D eigenvalue weighted by atomic mass is 16.2. The predicted octanol–water partition coefficient (Wildman–Crippen LogP) is 2.18. The minimum Gasteiger partial charge on any atom is -0.336 e. The van der Waals surface area contributed by atoms with Crippen LogP contribution < -0.4 is 5.32 Å². The van der Waals surface area contributed by atoms with Crippen molar-refractivity contribution in [2.45, 2.75) is 50.6 Å². The molecule has 0 radical (unpaired) electrons. The molecule has 1 heterocycles. The van der Waals surface area contributed by atoms with Crippen LogP contribution in [0.4, 0.5) is 0 Å². The van der Waals surface area contributed by atoms with E-state index in [9.17, 15) is 14.9 Å². The molecule has 27 heavy (non-hydrogen) atoms. The number of piperazine rings is 1. The van der Waals surface area contributed by atoms with Gasteiger partial charge in [0, 0.05) is 31.7 Å². The summed E-state index contributed by atoms with van der Waals surface area (Å²) in [5, 5.41) is 12.6. The van der Waals surface area contributed by atoms with Gasteiger partial charge < -0.3 is 10.2 Å². The number of carbonyl (C=O) groups is 2. The van der Waals surface area contributed by atoms with Gasteiger partial charge in [0.2, 0.25) is 5.91 Å². The monoisotopic (exact) mass is 368 g/mol. The van der Waals surface area contributed by atoms with Gasteiger partial charge in [0.1, 0.15) is 5.54 Å². The van der Waals surface area contributed by atoms with Crippen LogP contribution in [0, 0.1) is 11.3 Å². The van der Waals surface area contributed by atoms with Crippen molar-refractivity contribution >= 4 is 11.8 Å². The van der Waals surface area contributed by atoms with E-state index in [1.165, 1.54) is 0 Å². The molecule has 0 aromatic heterocycles. The van der Waals surface area contributed by atoms with Crippen molar-refractivity contribution in [1.29, 1.82) is 5.26 Å². The van der Waals surface area contributed by atoms with Crippen LogP contribution in [0.25, 0.3) is 0 Å². The second-order valence-corrected chi connectivity index (χ2v) is 7.61. The molecule has 1 aliphatic heterocycles. The Morgan fingerprint density at radius 1 is 1.07 bits per heavy atom. The van der Waals surface area contributed by atoms with Crippen LogP contribution in [-0.4, -0.2) is 59.4 Å². The minimum atomic E-state index is -0.700. The van der Waals surface area contributed by atoms with Gasteiger partial charge in [-0.05, 0) is 31.9 Å². The third-order valence-electron chi connectivity index (χ3n) is 5.83. The Bertz CT molecular complexity index is 699. The lowest BCUT2D eigenvalue weighted by Crippen LogP contribution is -2.58. The molecule has 0 unspecified atom stereocenters. The maximum atomic E-state index is 12.7. The zero-order valence-corrected chi connectivity index (χ0v) is 16.0. The van der Waals surface area contributed by atoms with E-state index in [0.29, 0.717) is 31.7 Å². The first kappa shape index (κ1) is 19.4. The number of hydrogen-bond acceptors (Lipinski definition) is 4. The van der Waals surface area contributed by atoms with Crippen LogP contribution in [0.5, 0.6) is 0 Å². The van der Waals surface area contributed by atoms with Gasteiger partial charge in [0.25, 0.3) is 5.91 Å². The summed E-state index contributed by atoms with van der Waals surface area (Å²) in [6.45, 7) is 4.42. The van der Waals surface area contributed by atoms with Gasteiger partial charge in [-0.2, -0.15) is 5.26 Å². The van der Waals surface area contributed by atoms with Gasteiger partial charge in [-0.25, -0.2) is 0 Å². The van der Waals surface area contributed by atoms with Crippen LogP contribution >= 0.6 is 0 Å². The standard InChI is InChI=1S/C21H28N4O2/c1-17(19(26)23-21(16-22)10-6-3-7-11-21)24-12-14-25(15-13-24)20(27)18-8-4-2-5-9-18/h2,4-5,8-9,17H,3,6-7,10-15H2,1H3,(H,23,26)/t17-/m1/s1. The third-order valence-corrected chi connectivity index (χ3v) is 5.83. The Hall–Kier alpha value is -2.39. The molecule has 1 aliphatic carbocycles. The van der Waals surface area contributed by atoms with Crippen molar-refractivity contribution in [3.63, 3.8) is 0 Å². The Morgan fingerprint density at radius 3 is 2.30 bits per heavy atom. The normalized spacial score (nSPS) is 21.1. The van der Waals surface area contributed by atoms with Gasteiger partial charge in [-0.3, -0.25) is 14.5 Å². The molecule has 6 nitrogen and oxygen atoms in total. The second-order valence-electron chi connectivity index (χ2n) is 7.61. The molecule has 1 saturated carbocycles. The number of nitrogens with one attached hydrogen (secondary N) is 1. The van der Waals surface area contributed by atoms with E-state index >= 15 is 0 Å². The number of benzene rings is 1. The van der Waals surface area contributed by atoms with Crippen molar-refractivity contribution in [2.75, 3.05) is 26.2 Å². The SMILES string of the molecule is C[C@H](C(=O)NC1(C#N)CCCCC1)N1CCN(C(=O)c2ccccc2)CC1. The summed E-state index contributed by atoms with van der Waals surface area (Å²) in [5.41, 5.74) is -0.000636. The summed E-state index contributed by atoms with van der Waals surface area (Å²) < 4.78 is 0. The number of amides is 2. The molecule has 2 amide bonds. The molecular weight excluding hydrogens is 340 g/mol. The zero-order chi connectivity index (χ0) is 19.3. The fourth-order valence-corrected chi connectivity index (χ4v) is 4.00. The largest absolute Gasteiger partial charge is 0.336 e. The Morgan fingerprint density at radius 2 is 1.70 bits per heavy atom. The number of rotatable bonds is 4. The van der Waals surface area contributed by atoms with E-state index in [0.717, 1.165) is 32.1 Å². The fourth-order valence-electron chi connectivity index (χ4n) is 4.00. The van der Waals surface area contributed by atoms with Gasteiger partial charge in [0.05, 0.1) is 12.1 Å². The van der Waals surface area contributed by atoms with Crippen molar-refractivity contribution in [2.24, 2.45) is 0 Å². The Balaban J connectivity index is 1.53. The summed E-state index contributed by atoms with van der Waals surface area (Å²) in [5.74, 6) is -0.0423. The van der Waals surface area contributed by atoms with Gasteiger partial charge >= 0.3 is 0 Å². The zero-order valence-electron chi connectivity index (χ0n) is 16.0. The molecule has 2 fully saturated rings. The highest BCUT2D eigenvalue weighted by molar-refractivity contribution is 5.94. The quantitative estimate of drug-likeness (QED) is 0.884. The lowest BCUT2D eigenvalue weighted by molar-refractivity contribution is -0.128. The Kier molecular flexibility index (Phi) is 6.12. The van der Waals surface area contributed by atoms with E-state index in [4.69, 9.17) is 0 Å². The molecule has 0 spiro atoms. The van der Waals surface area contributed by atoms with Crippen LogP contribution in [0.3, 0.4) is 0 Å². The maximum Gasteiger partial charge on any atom is 0.253 e. The average Bonchev–Trinajstić information content (AvgIpc) is 2.74. The first-order chi connectivity index (χ1) is 13.0. The van der Waals surface area contributed by atoms with Crippen molar-refractivity contribution in [1.82, 2.24) is 15.1 Å². The molecule has 1 aromatic carbocycles. The number of carbonyl (C=O) groups excluding carboxylic acids is 2. The molecule has 1 aromatic rings. The van der Waals surface area contributed by atoms with Gasteiger partial charge in [0.15, 0.2) is 0 Å². The average molecular weight is 368 g/mol. The topological polar surface area (TPSA) is 76.4 Å². The predicted molar refractivity (Wildman–Crippen MR) is 103 cm³/mol. The van der Waals surface area contributed by atoms with Gasteiger partial charge in [-0.15, -0.1) is 0 Å². The molecule has 1 N–H and O–H groups in total. The van der Waals surface area contributed by atoms with E-state index in [1.54, 1.807) is 0 Å². The van der Waals surface area contributed by atoms with Crippen molar-refractivity contribution in [3.05, 3.63) is 35.9 Å². The molecule has 6 heteroatoms. The second kappa shape index (κ2) is 8.53. The first-order valence-electron chi connectivity index (χ1n) is 9.86. The lowest BCUT2D eigenvalue weighted by Gasteiger charge is -2.39.